The molecule has 0 bridgehead atoms. The predicted molar refractivity (Wildman–Crippen MR) is 102 cm³/mol. The number of methoxy groups -OCH3 is 1. The Bertz CT molecular complexity index is 1250. The van der Waals surface area contributed by atoms with Crippen molar-refractivity contribution in [3.05, 3.63) is 36.7 Å². The van der Waals surface area contributed by atoms with Crippen LogP contribution < -0.4 is 9.47 Å². The summed E-state index contributed by atoms with van der Waals surface area (Å²) in [6, 6.07) is 7.05. The van der Waals surface area contributed by atoms with Crippen LogP contribution in [-0.4, -0.2) is 53.7 Å². The summed E-state index contributed by atoms with van der Waals surface area (Å²) in [6.45, 7) is 0.253. The molecule has 0 unspecified atom stereocenters. The number of rotatable bonds is 7. The Kier molecular flexibility index (Phi) is 4.63. The first-order chi connectivity index (χ1) is 13.4. The Morgan fingerprint density at radius 2 is 2.07 bits per heavy atom. The molecule has 0 aliphatic heterocycles. The van der Waals surface area contributed by atoms with Gasteiger partial charge in [0.1, 0.15) is 21.1 Å². The second-order valence-electron chi connectivity index (χ2n) is 6.26. The van der Waals surface area contributed by atoms with Crippen LogP contribution >= 0.6 is 0 Å². The maximum atomic E-state index is 11.2. The predicted octanol–water partition coefficient (Wildman–Crippen LogP) is 2.36. The molecule has 4 aromatic heterocycles. The molecule has 0 spiro atoms. The minimum absolute atomic E-state index is 0.0699. The van der Waals surface area contributed by atoms with Crippen molar-refractivity contribution in [2.24, 2.45) is 0 Å². The van der Waals surface area contributed by atoms with Crippen LogP contribution in [0.4, 0.5) is 0 Å². The third kappa shape index (κ3) is 3.63. The minimum Gasteiger partial charge on any atom is -0.480 e. The summed E-state index contributed by atoms with van der Waals surface area (Å²) in [5.74, 6) is 1.48. The Labute approximate surface area is 160 Å². The van der Waals surface area contributed by atoms with Crippen LogP contribution in [0.1, 0.15) is 6.42 Å². The molecule has 0 N–H and O–H groups in total. The molecule has 0 aromatic carbocycles. The monoisotopic (exact) mass is 402 g/mol. The zero-order valence-corrected chi connectivity index (χ0v) is 16.1. The van der Waals surface area contributed by atoms with Crippen molar-refractivity contribution in [1.82, 2.24) is 19.6 Å². The standard InChI is InChI=1S/C18H18N4O5S/c1-25-18-12-10-15(27-14(12)6-7-19-18)13-11-20-16-4-5-17(21-22(13)16)26-8-3-9-28(2,23)24/h4-7,10-11H,3,8-9H2,1-2H3. The van der Waals surface area contributed by atoms with Gasteiger partial charge in [-0.3, -0.25) is 0 Å². The van der Waals surface area contributed by atoms with Gasteiger partial charge in [0.15, 0.2) is 11.4 Å². The lowest BCUT2D eigenvalue weighted by molar-refractivity contribution is 0.301. The van der Waals surface area contributed by atoms with E-state index in [1.807, 2.05) is 6.07 Å². The molecule has 0 amide bonds. The van der Waals surface area contributed by atoms with E-state index in [1.54, 1.807) is 42.2 Å². The molecule has 0 radical (unpaired) electrons. The Hall–Kier alpha value is -3.14. The fourth-order valence-corrected chi connectivity index (χ4v) is 3.47. The molecule has 0 saturated carbocycles. The van der Waals surface area contributed by atoms with Gasteiger partial charge < -0.3 is 13.9 Å². The second-order valence-corrected chi connectivity index (χ2v) is 8.52. The summed E-state index contributed by atoms with van der Waals surface area (Å²) in [4.78, 5) is 8.51. The molecular weight excluding hydrogens is 384 g/mol. The quantitative estimate of drug-likeness (QED) is 0.434. The van der Waals surface area contributed by atoms with Crippen molar-refractivity contribution in [2.45, 2.75) is 6.42 Å². The molecule has 4 aromatic rings. The third-order valence-electron chi connectivity index (χ3n) is 4.10. The highest BCUT2D eigenvalue weighted by Crippen LogP contribution is 2.32. The van der Waals surface area contributed by atoms with Crippen LogP contribution in [0.3, 0.4) is 0 Å². The zero-order chi connectivity index (χ0) is 19.7. The average Bonchev–Trinajstić information content (AvgIpc) is 3.27. The maximum absolute atomic E-state index is 11.2. The van der Waals surface area contributed by atoms with E-state index in [9.17, 15) is 8.42 Å². The van der Waals surface area contributed by atoms with Crippen LogP contribution in [0.2, 0.25) is 0 Å². The SMILES string of the molecule is COc1nccc2oc(-c3cnc4ccc(OCCCS(C)(=O)=O)nn34)cc12. The number of nitrogens with zero attached hydrogens (tertiary/aromatic N) is 4. The number of hydrogen-bond acceptors (Lipinski definition) is 8. The van der Waals surface area contributed by atoms with Crippen molar-refractivity contribution in [2.75, 3.05) is 25.7 Å². The highest BCUT2D eigenvalue weighted by molar-refractivity contribution is 7.90. The van der Waals surface area contributed by atoms with Gasteiger partial charge in [-0.1, -0.05) is 0 Å². The third-order valence-corrected chi connectivity index (χ3v) is 5.13. The van der Waals surface area contributed by atoms with Crippen molar-refractivity contribution >= 4 is 26.5 Å². The van der Waals surface area contributed by atoms with Gasteiger partial charge in [0.25, 0.3) is 0 Å². The number of pyridine rings is 1. The maximum Gasteiger partial charge on any atom is 0.231 e. The van der Waals surface area contributed by atoms with E-state index in [2.05, 4.69) is 15.1 Å². The van der Waals surface area contributed by atoms with Gasteiger partial charge in [-0.25, -0.2) is 22.9 Å². The lowest BCUT2D eigenvalue weighted by Gasteiger charge is -2.05. The van der Waals surface area contributed by atoms with Gasteiger partial charge >= 0.3 is 0 Å². The van der Waals surface area contributed by atoms with Crippen molar-refractivity contribution < 1.29 is 22.3 Å². The molecule has 28 heavy (non-hydrogen) atoms. The number of ether oxygens (including phenoxy) is 2. The number of aromatic nitrogens is 4. The topological polar surface area (TPSA) is 109 Å². The second kappa shape index (κ2) is 7.12. The lowest BCUT2D eigenvalue weighted by atomic mass is 10.3. The van der Waals surface area contributed by atoms with Crippen molar-refractivity contribution in [3.63, 3.8) is 0 Å². The Morgan fingerprint density at radius 1 is 1.21 bits per heavy atom. The smallest absolute Gasteiger partial charge is 0.231 e. The van der Waals surface area contributed by atoms with Crippen LogP contribution in [0.5, 0.6) is 11.8 Å². The molecule has 0 aliphatic carbocycles. The fraction of sp³-hybridized carbons (Fsp3) is 0.278. The molecule has 10 heteroatoms. The molecule has 4 rings (SSSR count). The lowest BCUT2D eigenvalue weighted by Crippen LogP contribution is -2.09. The first kappa shape index (κ1) is 18.2. The number of furan rings is 1. The Morgan fingerprint density at radius 3 is 2.86 bits per heavy atom. The van der Waals surface area contributed by atoms with E-state index in [0.29, 0.717) is 40.9 Å². The summed E-state index contributed by atoms with van der Waals surface area (Å²) in [7, 11) is -1.46. The summed E-state index contributed by atoms with van der Waals surface area (Å²) < 4.78 is 40.8. The van der Waals surface area contributed by atoms with Crippen molar-refractivity contribution in [1.29, 1.82) is 0 Å². The minimum atomic E-state index is -3.01. The molecule has 4 heterocycles. The zero-order valence-electron chi connectivity index (χ0n) is 15.3. The van der Waals surface area contributed by atoms with E-state index in [4.69, 9.17) is 13.9 Å². The molecule has 0 fully saturated rings. The number of imidazole rings is 1. The average molecular weight is 402 g/mol. The van der Waals surface area contributed by atoms with Gasteiger partial charge in [-0.2, -0.15) is 0 Å². The molecule has 0 aliphatic rings. The number of sulfone groups is 1. The van der Waals surface area contributed by atoms with Crippen LogP contribution in [0, 0.1) is 0 Å². The molecule has 9 nitrogen and oxygen atoms in total. The van der Waals surface area contributed by atoms with E-state index < -0.39 is 9.84 Å². The Balaban J connectivity index is 1.63. The molecule has 0 atom stereocenters. The fourth-order valence-electron chi connectivity index (χ4n) is 2.83. The van der Waals surface area contributed by atoms with E-state index in [0.717, 1.165) is 5.39 Å². The van der Waals surface area contributed by atoms with Gasteiger partial charge in [-0.05, 0) is 18.6 Å². The normalized spacial score (nSPS) is 11.9. The first-order valence-corrected chi connectivity index (χ1v) is 10.6. The van der Waals surface area contributed by atoms with E-state index >= 15 is 0 Å². The summed E-state index contributed by atoms with van der Waals surface area (Å²) >= 11 is 0. The highest BCUT2D eigenvalue weighted by atomic mass is 32.2. The molecular formula is C18H18N4O5S. The van der Waals surface area contributed by atoms with E-state index in [1.165, 1.54) is 6.26 Å². The first-order valence-electron chi connectivity index (χ1n) is 8.53. The summed E-state index contributed by atoms with van der Waals surface area (Å²) in [5, 5.41) is 5.19. The van der Waals surface area contributed by atoms with Gasteiger partial charge in [0.2, 0.25) is 11.8 Å². The van der Waals surface area contributed by atoms with Crippen LogP contribution in [0.25, 0.3) is 28.1 Å². The van der Waals surface area contributed by atoms with Crippen LogP contribution in [-0.2, 0) is 9.84 Å². The van der Waals surface area contributed by atoms with Gasteiger partial charge in [0.05, 0.1) is 31.1 Å². The number of fused-ring (bicyclic) bond motifs is 2. The van der Waals surface area contributed by atoms with Gasteiger partial charge in [0, 0.05) is 24.6 Å². The van der Waals surface area contributed by atoms with Gasteiger partial charge in [-0.15, -0.1) is 5.10 Å². The molecule has 0 saturated heterocycles. The van der Waals surface area contributed by atoms with Crippen LogP contribution in [0.15, 0.2) is 41.1 Å². The summed E-state index contributed by atoms with van der Waals surface area (Å²) in [5.41, 5.74) is 1.92. The highest BCUT2D eigenvalue weighted by Gasteiger charge is 2.15. The van der Waals surface area contributed by atoms with E-state index in [-0.39, 0.29) is 12.4 Å². The largest absolute Gasteiger partial charge is 0.480 e. The molecule has 146 valence electrons. The van der Waals surface area contributed by atoms with Crippen molar-refractivity contribution in [3.8, 4) is 23.2 Å². The number of hydrogen-bond donors (Lipinski definition) is 0. The summed E-state index contributed by atoms with van der Waals surface area (Å²) in [6.07, 6.45) is 4.87.